The zero-order chi connectivity index (χ0) is 27.7. The van der Waals surface area contributed by atoms with Gasteiger partial charge in [0.25, 0.3) is 5.91 Å². The minimum Gasteiger partial charge on any atom is -0.465 e. The van der Waals surface area contributed by atoms with Gasteiger partial charge in [-0.2, -0.15) is 0 Å². The summed E-state index contributed by atoms with van der Waals surface area (Å²) in [7, 11) is 0. The van der Waals surface area contributed by atoms with Gasteiger partial charge < -0.3 is 9.47 Å². The van der Waals surface area contributed by atoms with Crippen LogP contribution in [-0.4, -0.2) is 65.2 Å². The van der Waals surface area contributed by atoms with Gasteiger partial charge in [0, 0.05) is 13.1 Å². The molecule has 1 aliphatic rings. The van der Waals surface area contributed by atoms with Gasteiger partial charge in [0.05, 0.1) is 12.6 Å². The Bertz CT molecular complexity index is 1080. The average molecular weight is 524 g/mol. The van der Waals surface area contributed by atoms with E-state index in [1.165, 1.54) is 10.6 Å². The number of carbonyl (C=O) groups excluding carboxylic acids is 3. The van der Waals surface area contributed by atoms with Gasteiger partial charge in [-0.1, -0.05) is 54.6 Å². The zero-order valence-electron chi connectivity index (χ0n) is 23.2. The molecular weight excluding hydrogens is 482 g/mol. The molecule has 8 nitrogen and oxygen atoms in total. The van der Waals surface area contributed by atoms with Crippen LogP contribution in [0.5, 0.6) is 0 Å². The van der Waals surface area contributed by atoms with Crippen LogP contribution >= 0.6 is 0 Å². The Kier molecular flexibility index (Phi) is 10.4. The molecule has 1 heterocycles. The highest BCUT2D eigenvalue weighted by molar-refractivity contribution is 5.86. The molecule has 1 aliphatic heterocycles. The van der Waals surface area contributed by atoms with E-state index >= 15 is 0 Å². The molecule has 0 bridgehead atoms. The lowest BCUT2D eigenvalue weighted by Crippen LogP contribution is -2.58. The van der Waals surface area contributed by atoms with Crippen LogP contribution in [0.3, 0.4) is 0 Å². The maximum absolute atomic E-state index is 13.8. The van der Waals surface area contributed by atoms with Gasteiger partial charge in [-0.15, -0.1) is 0 Å². The Hall–Kier alpha value is -3.23. The Morgan fingerprint density at radius 3 is 2.34 bits per heavy atom. The summed E-state index contributed by atoms with van der Waals surface area (Å²) in [5.41, 5.74) is 2.79. The molecule has 0 aliphatic carbocycles. The van der Waals surface area contributed by atoms with Crippen molar-refractivity contribution in [2.45, 2.75) is 78.1 Å². The molecule has 1 N–H and O–H groups in total. The van der Waals surface area contributed by atoms with Crippen molar-refractivity contribution in [3.63, 3.8) is 0 Å². The maximum atomic E-state index is 13.8. The number of hydrazine groups is 1. The van der Waals surface area contributed by atoms with Gasteiger partial charge in [0.2, 0.25) is 0 Å². The lowest BCUT2D eigenvalue weighted by Gasteiger charge is -2.39. The minimum atomic E-state index is -0.736. The lowest BCUT2D eigenvalue weighted by molar-refractivity contribution is -0.171. The van der Waals surface area contributed by atoms with Crippen LogP contribution in [0, 0.1) is 0 Å². The molecule has 2 aromatic carbocycles. The number of ether oxygens (including phenoxy) is 2. The van der Waals surface area contributed by atoms with Crippen LogP contribution in [-0.2, 0) is 43.2 Å². The molecule has 0 fully saturated rings. The summed E-state index contributed by atoms with van der Waals surface area (Å²) in [6.45, 7) is 10.0. The number of benzene rings is 2. The van der Waals surface area contributed by atoms with E-state index in [4.69, 9.17) is 9.47 Å². The fraction of sp³-hybridized carbons (Fsp3) is 0.500. The summed E-state index contributed by atoms with van der Waals surface area (Å²) in [6.07, 6.45) is 1.89. The van der Waals surface area contributed by atoms with Crippen LogP contribution in [0.15, 0.2) is 54.6 Å². The third-order valence-corrected chi connectivity index (χ3v) is 6.36. The van der Waals surface area contributed by atoms with E-state index in [-0.39, 0.29) is 19.1 Å². The predicted molar refractivity (Wildman–Crippen MR) is 146 cm³/mol. The molecule has 38 heavy (non-hydrogen) atoms. The summed E-state index contributed by atoms with van der Waals surface area (Å²) in [5, 5.41) is 6.56. The van der Waals surface area contributed by atoms with Crippen LogP contribution in [0.4, 0.5) is 0 Å². The highest BCUT2D eigenvalue weighted by Crippen LogP contribution is 2.21. The van der Waals surface area contributed by atoms with Crippen molar-refractivity contribution >= 4 is 17.8 Å². The van der Waals surface area contributed by atoms with E-state index in [0.717, 1.165) is 17.5 Å². The van der Waals surface area contributed by atoms with Crippen molar-refractivity contribution in [1.82, 2.24) is 15.3 Å². The summed E-state index contributed by atoms with van der Waals surface area (Å²) in [6, 6.07) is 16.6. The maximum Gasteiger partial charge on any atom is 0.327 e. The van der Waals surface area contributed by atoms with E-state index in [1.807, 2.05) is 53.5 Å². The number of hydrogen-bond acceptors (Lipinski definition) is 7. The average Bonchev–Trinajstić information content (AvgIpc) is 2.88. The first-order valence-corrected chi connectivity index (χ1v) is 13.4. The summed E-state index contributed by atoms with van der Waals surface area (Å²) in [5.74, 6) is -1.18. The molecule has 0 saturated heterocycles. The second-order valence-electron chi connectivity index (χ2n) is 10.6. The molecule has 0 saturated carbocycles. The highest BCUT2D eigenvalue weighted by atomic mass is 16.6. The molecule has 2 atom stereocenters. The molecule has 0 radical (unpaired) electrons. The van der Waals surface area contributed by atoms with Crippen LogP contribution in [0.25, 0.3) is 0 Å². The first-order valence-electron chi connectivity index (χ1n) is 13.4. The van der Waals surface area contributed by atoms with Gasteiger partial charge in [0.15, 0.2) is 0 Å². The zero-order valence-corrected chi connectivity index (χ0v) is 23.2. The number of amides is 1. The second kappa shape index (κ2) is 13.5. The van der Waals surface area contributed by atoms with Gasteiger partial charge >= 0.3 is 11.9 Å². The molecule has 8 heteroatoms. The smallest absolute Gasteiger partial charge is 0.327 e. The standard InChI is InChI=1S/C30H41N3O5/c1-6-37-29(36)26(17-16-23-12-8-7-9-13-23)31-22(2)28(35)33(21-27(34)38-30(3,4)5)32-19-18-24-14-10-11-15-25(24)20-32/h7-15,22,26,31H,6,16-21H2,1-5H3/t22-,26-/m0/s1. The van der Waals surface area contributed by atoms with Gasteiger partial charge in [0.1, 0.15) is 18.2 Å². The monoisotopic (exact) mass is 523 g/mol. The third kappa shape index (κ3) is 8.67. The molecular formula is C30H41N3O5. The minimum absolute atomic E-state index is 0.210. The number of carbonyl (C=O) groups is 3. The fourth-order valence-corrected chi connectivity index (χ4v) is 4.56. The molecule has 1 amide bonds. The van der Waals surface area contributed by atoms with Crippen molar-refractivity contribution in [2.75, 3.05) is 19.7 Å². The summed E-state index contributed by atoms with van der Waals surface area (Å²) in [4.78, 5) is 39.4. The Morgan fingerprint density at radius 1 is 1.03 bits per heavy atom. The molecule has 0 unspecified atom stereocenters. The van der Waals surface area contributed by atoms with Crippen LogP contribution in [0.1, 0.15) is 57.7 Å². The van der Waals surface area contributed by atoms with Crippen molar-refractivity contribution in [1.29, 1.82) is 0 Å². The molecule has 0 aromatic heterocycles. The first-order chi connectivity index (χ1) is 18.1. The highest BCUT2D eigenvalue weighted by Gasteiger charge is 2.33. The molecule has 3 rings (SSSR count). The lowest BCUT2D eigenvalue weighted by atomic mass is 10.0. The first kappa shape index (κ1) is 29.3. The number of fused-ring (bicyclic) bond motifs is 1. The SMILES string of the molecule is CCOC(=O)[C@H](CCc1ccccc1)N[C@@H](C)C(=O)N(CC(=O)OC(C)(C)C)N1CCc2ccccc2C1. The fourth-order valence-electron chi connectivity index (χ4n) is 4.56. The number of hydrogen-bond donors (Lipinski definition) is 1. The van der Waals surface area contributed by atoms with Gasteiger partial charge in [-0.3, -0.25) is 24.7 Å². The van der Waals surface area contributed by atoms with Crippen molar-refractivity contribution < 1.29 is 23.9 Å². The Morgan fingerprint density at radius 2 is 1.68 bits per heavy atom. The van der Waals surface area contributed by atoms with Crippen molar-refractivity contribution in [3.05, 3.63) is 71.3 Å². The van der Waals surface area contributed by atoms with E-state index in [2.05, 4.69) is 11.4 Å². The number of rotatable bonds is 11. The normalized spacial score (nSPS) is 15.2. The van der Waals surface area contributed by atoms with Crippen LogP contribution in [0.2, 0.25) is 0 Å². The van der Waals surface area contributed by atoms with Crippen molar-refractivity contribution in [2.24, 2.45) is 0 Å². The van der Waals surface area contributed by atoms with Crippen LogP contribution < -0.4 is 5.32 Å². The number of esters is 2. The largest absolute Gasteiger partial charge is 0.465 e. The number of aryl methyl sites for hydroxylation is 1. The van der Waals surface area contributed by atoms with Crippen molar-refractivity contribution in [3.8, 4) is 0 Å². The third-order valence-electron chi connectivity index (χ3n) is 6.36. The molecule has 0 spiro atoms. The van der Waals surface area contributed by atoms with Gasteiger partial charge in [-0.05, 0) is 70.6 Å². The van der Waals surface area contributed by atoms with E-state index in [9.17, 15) is 14.4 Å². The van der Waals surface area contributed by atoms with E-state index < -0.39 is 29.6 Å². The van der Waals surface area contributed by atoms with E-state index in [0.29, 0.717) is 25.9 Å². The Balaban J connectivity index is 1.77. The molecule has 206 valence electrons. The predicted octanol–water partition coefficient (Wildman–Crippen LogP) is 3.67. The quantitative estimate of drug-likeness (QED) is 0.450. The molecule has 2 aromatic rings. The second-order valence-corrected chi connectivity index (χ2v) is 10.6. The Labute approximate surface area is 226 Å². The van der Waals surface area contributed by atoms with E-state index in [1.54, 1.807) is 34.6 Å². The topological polar surface area (TPSA) is 88.2 Å². The number of nitrogens with zero attached hydrogens (tertiary/aromatic N) is 2. The summed E-state index contributed by atoms with van der Waals surface area (Å²) < 4.78 is 10.8. The number of nitrogens with one attached hydrogen (secondary N) is 1. The summed E-state index contributed by atoms with van der Waals surface area (Å²) >= 11 is 0. The van der Waals surface area contributed by atoms with Gasteiger partial charge in [-0.25, -0.2) is 5.01 Å².